The second-order valence-electron chi connectivity index (χ2n) is 8.78. The summed E-state index contributed by atoms with van der Waals surface area (Å²) in [6.07, 6.45) is 10.3. The number of benzene rings is 1. The van der Waals surface area contributed by atoms with Crippen LogP contribution < -0.4 is 0 Å². The van der Waals surface area contributed by atoms with E-state index >= 15 is 0 Å². The van der Waals surface area contributed by atoms with Crippen molar-refractivity contribution in [2.24, 2.45) is 23.7 Å². The van der Waals surface area contributed by atoms with E-state index in [0.717, 1.165) is 50.9 Å². The minimum atomic E-state index is -1.37. The van der Waals surface area contributed by atoms with Crippen molar-refractivity contribution >= 4 is 5.78 Å². The molecule has 0 aliphatic heterocycles. The third kappa shape index (κ3) is 3.57. The summed E-state index contributed by atoms with van der Waals surface area (Å²) in [7, 11) is 0. The quantitative estimate of drug-likeness (QED) is 0.574. The number of ketones is 1. The molecule has 3 aliphatic rings. The standard InChI is InChI=1S/C22H27F3O/c23-20-11-18(12-21(24)22(20)25)17-4-3-15-9-14(1-2-16(15)10-17)13-5-7-19(26)8-6-13/h11-17H,1-10H2. The van der Waals surface area contributed by atoms with Gasteiger partial charge in [-0.1, -0.05) is 0 Å². The van der Waals surface area contributed by atoms with Crippen LogP contribution in [-0.4, -0.2) is 5.78 Å². The minimum Gasteiger partial charge on any atom is -0.300 e. The van der Waals surface area contributed by atoms with Crippen molar-refractivity contribution in [2.75, 3.05) is 0 Å². The summed E-state index contributed by atoms with van der Waals surface area (Å²) in [6, 6.07) is 2.38. The number of carbonyl (C=O) groups is 1. The summed E-state index contributed by atoms with van der Waals surface area (Å²) < 4.78 is 40.4. The Morgan fingerprint density at radius 2 is 1.23 bits per heavy atom. The Labute approximate surface area is 153 Å². The molecule has 3 aliphatic carbocycles. The van der Waals surface area contributed by atoms with Crippen molar-refractivity contribution in [1.29, 1.82) is 0 Å². The topological polar surface area (TPSA) is 17.1 Å². The van der Waals surface area contributed by atoms with E-state index < -0.39 is 17.5 Å². The fourth-order valence-corrected chi connectivity index (χ4v) is 5.90. The van der Waals surface area contributed by atoms with Gasteiger partial charge in [0.25, 0.3) is 0 Å². The van der Waals surface area contributed by atoms with Crippen LogP contribution in [0.3, 0.4) is 0 Å². The van der Waals surface area contributed by atoms with Crippen LogP contribution in [0, 0.1) is 41.1 Å². The number of carbonyl (C=O) groups excluding carboxylic acids is 1. The summed E-state index contributed by atoms with van der Waals surface area (Å²) in [5.41, 5.74) is 0.618. The highest BCUT2D eigenvalue weighted by molar-refractivity contribution is 5.79. The van der Waals surface area contributed by atoms with Crippen molar-refractivity contribution < 1.29 is 18.0 Å². The van der Waals surface area contributed by atoms with Gasteiger partial charge in [-0.15, -0.1) is 0 Å². The molecular formula is C22H27F3O. The molecule has 0 amide bonds. The maximum Gasteiger partial charge on any atom is 0.194 e. The fourth-order valence-electron chi connectivity index (χ4n) is 5.90. The molecule has 1 nitrogen and oxygen atoms in total. The zero-order chi connectivity index (χ0) is 18.3. The zero-order valence-corrected chi connectivity index (χ0v) is 15.2. The van der Waals surface area contributed by atoms with Gasteiger partial charge in [-0.3, -0.25) is 4.79 Å². The van der Waals surface area contributed by atoms with E-state index in [1.54, 1.807) is 0 Å². The predicted molar refractivity (Wildman–Crippen MR) is 94.2 cm³/mol. The minimum absolute atomic E-state index is 0.143. The lowest BCUT2D eigenvalue weighted by atomic mass is 9.61. The molecule has 4 rings (SSSR count). The average Bonchev–Trinajstić information content (AvgIpc) is 2.65. The molecule has 0 saturated heterocycles. The summed E-state index contributed by atoms with van der Waals surface area (Å²) >= 11 is 0. The first-order valence-electron chi connectivity index (χ1n) is 10.2. The number of fused-ring (bicyclic) bond motifs is 1. The Morgan fingerprint density at radius 1 is 0.692 bits per heavy atom. The largest absolute Gasteiger partial charge is 0.300 e. The molecule has 4 atom stereocenters. The van der Waals surface area contributed by atoms with E-state index in [1.807, 2.05) is 0 Å². The first-order valence-corrected chi connectivity index (χ1v) is 10.2. The first kappa shape index (κ1) is 18.1. The summed E-state index contributed by atoms with van der Waals surface area (Å²) in [5, 5.41) is 0. The van der Waals surface area contributed by atoms with Gasteiger partial charge in [-0.05, 0) is 98.7 Å². The lowest BCUT2D eigenvalue weighted by molar-refractivity contribution is -0.121. The monoisotopic (exact) mass is 364 g/mol. The highest BCUT2D eigenvalue weighted by Gasteiger charge is 2.39. The van der Waals surface area contributed by atoms with Crippen molar-refractivity contribution in [1.82, 2.24) is 0 Å². The summed E-state index contributed by atoms with van der Waals surface area (Å²) in [5.74, 6) is -0.152. The number of Topliss-reactive ketones (excluding diaryl/α,β-unsaturated/α-hetero) is 1. The molecule has 26 heavy (non-hydrogen) atoms. The van der Waals surface area contributed by atoms with Gasteiger partial charge in [0.05, 0.1) is 0 Å². The Bertz CT molecular complexity index is 653. The Kier molecular flexibility index (Phi) is 5.11. The molecular weight excluding hydrogens is 337 g/mol. The lowest BCUT2D eigenvalue weighted by Gasteiger charge is -2.45. The molecule has 0 spiro atoms. The molecule has 3 fully saturated rings. The van der Waals surface area contributed by atoms with Crippen LogP contribution in [0.2, 0.25) is 0 Å². The van der Waals surface area contributed by atoms with Crippen LogP contribution in [0.1, 0.15) is 75.7 Å². The SMILES string of the molecule is O=C1CCC(C2CCC3CC(c4cc(F)c(F)c(F)c4)CCC3C2)CC1. The van der Waals surface area contributed by atoms with Crippen molar-refractivity contribution in [3.8, 4) is 0 Å². The summed E-state index contributed by atoms with van der Waals surface area (Å²) in [6.45, 7) is 0. The van der Waals surface area contributed by atoms with Crippen LogP contribution >= 0.6 is 0 Å². The molecule has 0 heterocycles. The van der Waals surface area contributed by atoms with Gasteiger partial charge < -0.3 is 0 Å². The van der Waals surface area contributed by atoms with E-state index in [1.165, 1.54) is 31.4 Å². The van der Waals surface area contributed by atoms with Gasteiger partial charge >= 0.3 is 0 Å². The Hall–Kier alpha value is -1.32. The molecule has 0 radical (unpaired) electrons. The fraction of sp³-hybridized carbons (Fsp3) is 0.682. The van der Waals surface area contributed by atoms with E-state index in [0.29, 0.717) is 29.1 Å². The number of hydrogen-bond acceptors (Lipinski definition) is 1. The van der Waals surface area contributed by atoms with Gasteiger partial charge in [-0.2, -0.15) is 0 Å². The Balaban J connectivity index is 1.38. The number of halogens is 3. The van der Waals surface area contributed by atoms with E-state index in [2.05, 4.69) is 0 Å². The molecule has 0 aromatic heterocycles. The van der Waals surface area contributed by atoms with Gasteiger partial charge in [0.1, 0.15) is 5.78 Å². The van der Waals surface area contributed by atoms with E-state index in [-0.39, 0.29) is 5.92 Å². The molecule has 142 valence electrons. The van der Waals surface area contributed by atoms with E-state index in [9.17, 15) is 18.0 Å². The van der Waals surface area contributed by atoms with Gasteiger partial charge in [0.15, 0.2) is 17.5 Å². The maximum atomic E-state index is 13.6. The van der Waals surface area contributed by atoms with Crippen LogP contribution in [-0.2, 0) is 4.79 Å². The van der Waals surface area contributed by atoms with Crippen LogP contribution in [0.15, 0.2) is 12.1 Å². The smallest absolute Gasteiger partial charge is 0.194 e. The van der Waals surface area contributed by atoms with Crippen LogP contribution in [0.4, 0.5) is 13.2 Å². The van der Waals surface area contributed by atoms with Crippen molar-refractivity contribution in [3.05, 3.63) is 35.1 Å². The van der Waals surface area contributed by atoms with Crippen LogP contribution in [0.5, 0.6) is 0 Å². The molecule has 3 saturated carbocycles. The first-order chi connectivity index (χ1) is 12.5. The molecule has 0 bridgehead atoms. The lowest BCUT2D eigenvalue weighted by Crippen LogP contribution is -2.34. The average molecular weight is 364 g/mol. The third-order valence-corrected chi connectivity index (χ3v) is 7.39. The number of rotatable bonds is 2. The van der Waals surface area contributed by atoms with Gasteiger partial charge in [0.2, 0.25) is 0 Å². The second kappa shape index (κ2) is 7.36. The highest BCUT2D eigenvalue weighted by atomic mass is 19.2. The second-order valence-corrected chi connectivity index (χ2v) is 8.78. The van der Waals surface area contributed by atoms with Gasteiger partial charge in [0, 0.05) is 12.8 Å². The Morgan fingerprint density at radius 3 is 1.88 bits per heavy atom. The third-order valence-electron chi connectivity index (χ3n) is 7.39. The maximum absolute atomic E-state index is 13.6. The highest BCUT2D eigenvalue weighted by Crippen LogP contribution is 2.50. The number of hydrogen-bond donors (Lipinski definition) is 0. The summed E-state index contributed by atoms with van der Waals surface area (Å²) in [4.78, 5) is 11.5. The molecule has 1 aromatic rings. The predicted octanol–water partition coefficient (Wildman–Crippen LogP) is 6.16. The van der Waals surface area contributed by atoms with Crippen molar-refractivity contribution in [3.63, 3.8) is 0 Å². The van der Waals surface area contributed by atoms with Crippen LogP contribution in [0.25, 0.3) is 0 Å². The molecule has 4 unspecified atom stereocenters. The zero-order valence-electron chi connectivity index (χ0n) is 15.2. The van der Waals surface area contributed by atoms with E-state index in [4.69, 9.17) is 0 Å². The molecule has 4 heteroatoms. The van der Waals surface area contributed by atoms with Gasteiger partial charge in [-0.25, -0.2) is 13.2 Å². The molecule has 0 N–H and O–H groups in total. The van der Waals surface area contributed by atoms with Crippen molar-refractivity contribution in [2.45, 2.75) is 70.1 Å². The molecule has 1 aromatic carbocycles. The normalized spacial score (nSPS) is 33.1.